The second kappa shape index (κ2) is 4.85. The predicted octanol–water partition coefficient (Wildman–Crippen LogP) is 2.75. The van der Waals surface area contributed by atoms with Crippen molar-refractivity contribution in [3.63, 3.8) is 0 Å². The van der Waals surface area contributed by atoms with Gasteiger partial charge in [-0.2, -0.15) is 0 Å². The lowest BCUT2D eigenvalue weighted by atomic mass is 10.3. The number of halogens is 2. The van der Waals surface area contributed by atoms with Crippen LogP contribution in [0, 0.1) is 0 Å². The van der Waals surface area contributed by atoms with Gasteiger partial charge in [-0.15, -0.1) is 11.3 Å². The highest BCUT2D eigenvalue weighted by Gasteiger charge is 2.31. The van der Waals surface area contributed by atoms with Crippen molar-refractivity contribution >= 4 is 55.1 Å². The lowest BCUT2D eigenvalue weighted by molar-refractivity contribution is -0.145. The molecule has 1 aliphatic heterocycles. The average Bonchev–Trinajstić information content (AvgIpc) is 2.76. The molecule has 1 fully saturated rings. The van der Waals surface area contributed by atoms with Gasteiger partial charge in [0.25, 0.3) is 0 Å². The normalized spacial score (nSPS) is 19.6. The average molecular weight is 370 g/mol. The Hall–Kier alpha value is -0.400. The first-order valence-corrected chi connectivity index (χ1v) is 6.80. The Morgan fingerprint density at radius 3 is 2.81 bits per heavy atom. The molecule has 86 valence electrons. The molecule has 0 aromatic carbocycles. The van der Waals surface area contributed by atoms with Gasteiger partial charge in [-0.25, -0.2) is 9.59 Å². The number of carbonyl (C=O) groups is 2. The standard InChI is InChI=1S/C9H6Br2O4S/c10-4-3-6(16-7(4)11)9(13)15-5-1-2-14-8(5)12/h3,5H,1-2H2/t5-/m0/s1. The maximum atomic E-state index is 11.7. The van der Waals surface area contributed by atoms with Crippen molar-refractivity contribution in [2.45, 2.75) is 12.5 Å². The third kappa shape index (κ3) is 2.46. The van der Waals surface area contributed by atoms with Crippen LogP contribution in [0.15, 0.2) is 14.3 Å². The van der Waals surface area contributed by atoms with Gasteiger partial charge >= 0.3 is 11.9 Å². The Kier molecular flexibility index (Phi) is 3.66. The molecule has 1 aromatic heterocycles. The molecule has 0 unspecified atom stereocenters. The summed E-state index contributed by atoms with van der Waals surface area (Å²) in [5, 5.41) is 0. The van der Waals surface area contributed by atoms with Crippen molar-refractivity contribution in [2.24, 2.45) is 0 Å². The summed E-state index contributed by atoms with van der Waals surface area (Å²) in [5.74, 6) is -0.969. The van der Waals surface area contributed by atoms with Gasteiger partial charge in [0.15, 0.2) is 0 Å². The number of cyclic esters (lactones) is 1. The van der Waals surface area contributed by atoms with Gasteiger partial charge in [-0.05, 0) is 37.9 Å². The molecule has 2 rings (SSSR count). The Balaban J connectivity index is 2.05. The van der Waals surface area contributed by atoms with Crippen LogP contribution in [0.4, 0.5) is 0 Å². The van der Waals surface area contributed by atoms with Crippen LogP contribution in [0.2, 0.25) is 0 Å². The largest absolute Gasteiger partial charge is 0.463 e. The molecule has 1 saturated heterocycles. The van der Waals surface area contributed by atoms with E-state index in [1.165, 1.54) is 11.3 Å². The van der Waals surface area contributed by atoms with E-state index in [4.69, 9.17) is 9.47 Å². The third-order valence-corrected chi connectivity index (χ3v) is 5.22. The summed E-state index contributed by atoms with van der Waals surface area (Å²) >= 11 is 7.80. The van der Waals surface area contributed by atoms with E-state index >= 15 is 0 Å². The maximum Gasteiger partial charge on any atom is 0.349 e. The zero-order valence-electron chi connectivity index (χ0n) is 7.87. The van der Waals surface area contributed by atoms with E-state index in [1.54, 1.807) is 6.07 Å². The van der Waals surface area contributed by atoms with Gasteiger partial charge in [-0.1, -0.05) is 0 Å². The van der Waals surface area contributed by atoms with Crippen LogP contribution in [-0.2, 0) is 14.3 Å². The summed E-state index contributed by atoms with van der Waals surface area (Å²) in [4.78, 5) is 23.2. The summed E-state index contributed by atoms with van der Waals surface area (Å²) in [6.45, 7) is 0.314. The van der Waals surface area contributed by atoms with Crippen molar-refractivity contribution < 1.29 is 19.1 Å². The molecule has 2 heterocycles. The van der Waals surface area contributed by atoms with E-state index in [9.17, 15) is 9.59 Å². The molecule has 0 bridgehead atoms. The minimum absolute atomic E-state index is 0.314. The number of carbonyl (C=O) groups excluding carboxylic acids is 2. The summed E-state index contributed by atoms with van der Waals surface area (Å²) < 4.78 is 11.3. The fraction of sp³-hybridized carbons (Fsp3) is 0.333. The lowest BCUT2D eigenvalue weighted by Crippen LogP contribution is -2.22. The van der Waals surface area contributed by atoms with Crippen LogP contribution in [0.1, 0.15) is 16.1 Å². The van der Waals surface area contributed by atoms with Crippen LogP contribution >= 0.6 is 43.2 Å². The first-order valence-electron chi connectivity index (χ1n) is 4.40. The van der Waals surface area contributed by atoms with Crippen molar-refractivity contribution in [2.75, 3.05) is 6.61 Å². The number of hydrogen-bond acceptors (Lipinski definition) is 5. The van der Waals surface area contributed by atoms with E-state index in [1.807, 2.05) is 0 Å². The highest BCUT2D eigenvalue weighted by atomic mass is 79.9. The van der Waals surface area contributed by atoms with Crippen LogP contribution in [0.25, 0.3) is 0 Å². The van der Waals surface area contributed by atoms with Crippen LogP contribution < -0.4 is 0 Å². The zero-order chi connectivity index (χ0) is 11.7. The Morgan fingerprint density at radius 2 is 2.31 bits per heavy atom. The maximum absolute atomic E-state index is 11.7. The topological polar surface area (TPSA) is 52.6 Å². The van der Waals surface area contributed by atoms with Crippen molar-refractivity contribution in [3.05, 3.63) is 19.2 Å². The molecular formula is C9H6Br2O4S. The monoisotopic (exact) mass is 368 g/mol. The highest BCUT2D eigenvalue weighted by Crippen LogP contribution is 2.33. The molecule has 0 radical (unpaired) electrons. The zero-order valence-corrected chi connectivity index (χ0v) is 11.9. The minimum Gasteiger partial charge on any atom is -0.463 e. The van der Waals surface area contributed by atoms with E-state index < -0.39 is 18.0 Å². The molecule has 1 aliphatic rings. The Labute approximate surface area is 112 Å². The van der Waals surface area contributed by atoms with E-state index in [0.717, 1.165) is 8.26 Å². The first kappa shape index (κ1) is 12.1. The molecule has 16 heavy (non-hydrogen) atoms. The van der Waals surface area contributed by atoms with Gasteiger partial charge in [-0.3, -0.25) is 0 Å². The van der Waals surface area contributed by atoms with Crippen LogP contribution in [-0.4, -0.2) is 24.6 Å². The van der Waals surface area contributed by atoms with Gasteiger partial charge in [0, 0.05) is 10.9 Å². The number of ether oxygens (including phenoxy) is 2. The smallest absolute Gasteiger partial charge is 0.349 e. The van der Waals surface area contributed by atoms with Crippen molar-refractivity contribution in [3.8, 4) is 0 Å². The highest BCUT2D eigenvalue weighted by molar-refractivity contribution is 9.13. The van der Waals surface area contributed by atoms with Crippen LogP contribution in [0.3, 0.4) is 0 Å². The Morgan fingerprint density at radius 1 is 1.56 bits per heavy atom. The minimum atomic E-state index is -0.757. The number of thiophene rings is 1. The van der Waals surface area contributed by atoms with E-state index in [0.29, 0.717) is 17.9 Å². The molecule has 0 N–H and O–H groups in total. The molecule has 7 heteroatoms. The van der Waals surface area contributed by atoms with Crippen molar-refractivity contribution in [1.29, 1.82) is 0 Å². The number of rotatable bonds is 2. The van der Waals surface area contributed by atoms with Crippen molar-refractivity contribution in [1.82, 2.24) is 0 Å². The summed E-state index contributed by atoms with van der Waals surface area (Å²) in [5.41, 5.74) is 0. The molecule has 0 saturated carbocycles. The second-order valence-electron chi connectivity index (χ2n) is 3.08. The van der Waals surface area contributed by atoms with Gasteiger partial charge in [0.05, 0.1) is 10.4 Å². The molecule has 0 amide bonds. The molecule has 0 spiro atoms. The summed E-state index contributed by atoms with van der Waals surface area (Å²) in [6.07, 6.45) is -0.328. The molecule has 0 aliphatic carbocycles. The summed E-state index contributed by atoms with van der Waals surface area (Å²) in [6, 6.07) is 1.65. The Bertz CT molecular complexity index is 423. The fourth-order valence-corrected chi connectivity index (χ4v) is 3.14. The summed E-state index contributed by atoms with van der Waals surface area (Å²) in [7, 11) is 0. The number of esters is 2. The van der Waals surface area contributed by atoms with Gasteiger partial charge < -0.3 is 9.47 Å². The molecular weight excluding hydrogens is 364 g/mol. The SMILES string of the molecule is O=C(O[C@H]1CCOC1=O)c1cc(Br)c(Br)s1. The molecule has 4 nitrogen and oxygen atoms in total. The van der Waals surface area contributed by atoms with Crippen LogP contribution in [0.5, 0.6) is 0 Å². The van der Waals surface area contributed by atoms with Gasteiger partial charge in [0.2, 0.25) is 6.10 Å². The third-order valence-electron chi connectivity index (χ3n) is 1.98. The quantitative estimate of drug-likeness (QED) is 0.752. The number of hydrogen-bond donors (Lipinski definition) is 0. The fourth-order valence-electron chi connectivity index (χ4n) is 1.22. The van der Waals surface area contributed by atoms with Gasteiger partial charge in [0.1, 0.15) is 4.88 Å². The first-order chi connectivity index (χ1) is 7.58. The molecule has 1 atom stereocenters. The molecule has 1 aromatic rings. The lowest BCUT2D eigenvalue weighted by Gasteiger charge is -2.06. The predicted molar refractivity (Wildman–Crippen MR) is 64.5 cm³/mol. The van der Waals surface area contributed by atoms with E-state index in [-0.39, 0.29) is 0 Å². The van der Waals surface area contributed by atoms with E-state index in [2.05, 4.69) is 31.9 Å². The second-order valence-corrected chi connectivity index (χ2v) is 6.31.